The van der Waals surface area contributed by atoms with Crippen LogP contribution in [0.3, 0.4) is 0 Å². The quantitative estimate of drug-likeness (QED) is 0.537. The highest BCUT2D eigenvalue weighted by Gasteiger charge is 2.12. The van der Waals surface area contributed by atoms with Gasteiger partial charge in [0, 0.05) is 6.07 Å². The minimum absolute atomic E-state index is 0.215. The van der Waals surface area contributed by atoms with Gasteiger partial charge in [-0.25, -0.2) is 4.39 Å². The first-order valence-corrected chi connectivity index (χ1v) is 8.67. The van der Waals surface area contributed by atoms with Gasteiger partial charge < -0.3 is 4.74 Å². The number of benzene rings is 3. The van der Waals surface area contributed by atoms with E-state index in [0.29, 0.717) is 17.9 Å². The van der Waals surface area contributed by atoms with Gasteiger partial charge in [0.1, 0.15) is 18.2 Å². The Hall–Kier alpha value is -2.35. The Kier molecular flexibility index (Phi) is 4.55. The van der Waals surface area contributed by atoms with Crippen LogP contribution in [0.2, 0.25) is 0 Å². The van der Waals surface area contributed by atoms with Gasteiger partial charge in [-0.15, -0.1) is 0 Å². The van der Waals surface area contributed by atoms with Crippen molar-refractivity contribution in [1.82, 2.24) is 0 Å². The fraction of sp³-hybridized carbons (Fsp3) is 0.304. The maximum Gasteiger partial charge on any atom is 0.130 e. The van der Waals surface area contributed by atoms with Crippen molar-refractivity contribution in [1.29, 1.82) is 0 Å². The molecule has 130 valence electrons. The molecule has 0 unspecified atom stereocenters. The summed E-state index contributed by atoms with van der Waals surface area (Å²) in [4.78, 5) is 0. The lowest BCUT2D eigenvalue weighted by Gasteiger charge is -2.17. The van der Waals surface area contributed by atoms with Crippen LogP contribution in [-0.2, 0) is 6.61 Å². The highest BCUT2D eigenvalue weighted by atomic mass is 19.1. The fourth-order valence-electron chi connectivity index (χ4n) is 3.64. The molecule has 0 aliphatic heterocycles. The molecule has 0 aliphatic rings. The van der Waals surface area contributed by atoms with Crippen LogP contribution < -0.4 is 4.74 Å². The van der Waals surface area contributed by atoms with E-state index in [1.165, 1.54) is 44.7 Å². The monoisotopic (exact) mass is 336 g/mol. The van der Waals surface area contributed by atoms with Crippen LogP contribution in [0.25, 0.3) is 10.8 Å². The zero-order valence-electron chi connectivity index (χ0n) is 15.9. The molecule has 0 aliphatic carbocycles. The van der Waals surface area contributed by atoms with Crippen molar-refractivity contribution in [3.63, 3.8) is 0 Å². The molecule has 0 amide bonds. The third kappa shape index (κ3) is 3.26. The van der Waals surface area contributed by atoms with Crippen LogP contribution in [0.4, 0.5) is 4.39 Å². The lowest BCUT2D eigenvalue weighted by molar-refractivity contribution is 0.303. The molecule has 0 heterocycles. The van der Waals surface area contributed by atoms with Crippen molar-refractivity contribution in [2.75, 3.05) is 0 Å². The molecule has 1 nitrogen and oxygen atoms in total. The number of rotatable bonds is 3. The van der Waals surface area contributed by atoms with Gasteiger partial charge in [-0.05, 0) is 91.8 Å². The smallest absolute Gasteiger partial charge is 0.130 e. The van der Waals surface area contributed by atoms with E-state index in [9.17, 15) is 4.39 Å². The first kappa shape index (κ1) is 17.5. The zero-order valence-corrected chi connectivity index (χ0v) is 15.9. The molecule has 25 heavy (non-hydrogen) atoms. The molecule has 2 heteroatoms. The molecule has 0 aromatic heterocycles. The molecule has 3 aromatic rings. The first-order chi connectivity index (χ1) is 11.8. The van der Waals surface area contributed by atoms with E-state index in [4.69, 9.17) is 4.74 Å². The van der Waals surface area contributed by atoms with Gasteiger partial charge in [0.2, 0.25) is 0 Å². The Balaban J connectivity index is 1.99. The summed E-state index contributed by atoms with van der Waals surface area (Å²) in [5, 5.41) is 2.56. The standard InChI is InChI=1S/C23H25FO/c1-13-7-16(4)23-18(6)21(15(3)9-19(23)8-13)12-25-20-10-14(2)17(5)22(24)11-20/h7-11H,12H2,1-6H3. The number of halogens is 1. The van der Waals surface area contributed by atoms with Crippen molar-refractivity contribution >= 4 is 10.8 Å². The molecule has 0 fully saturated rings. The molecule has 3 aromatic carbocycles. The van der Waals surface area contributed by atoms with Crippen LogP contribution in [-0.4, -0.2) is 0 Å². The second-order valence-electron chi connectivity index (χ2n) is 7.11. The minimum Gasteiger partial charge on any atom is -0.489 e. The van der Waals surface area contributed by atoms with Crippen LogP contribution >= 0.6 is 0 Å². The van der Waals surface area contributed by atoms with E-state index in [1.54, 1.807) is 6.92 Å². The Bertz CT molecular complexity index is 947. The number of ether oxygens (including phenoxy) is 1. The molecule has 0 atom stereocenters. The van der Waals surface area contributed by atoms with E-state index in [-0.39, 0.29) is 5.82 Å². The van der Waals surface area contributed by atoms with E-state index in [2.05, 4.69) is 45.9 Å². The largest absolute Gasteiger partial charge is 0.489 e. The van der Waals surface area contributed by atoms with Crippen molar-refractivity contribution < 1.29 is 9.13 Å². The van der Waals surface area contributed by atoms with Crippen molar-refractivity contribution in [3.8, 4) is 5.75 Å². The first-order valence-electron chi connectivity index (χ1n) is 8.67. The van der Waals surface area contributed by atoms with Gasteiger partial charge in [-0.2, -0.15) is 0 Å². The summed E-state index contributed by atoms with van der Waals surface area (Å²) in [5.74, 6) is 0.369. The van der Waals surface area contributed by atoms with Crippen molar-refractivity contribution in [2.45, 2.75) is 48.1 Å². The summed E-state index contributed by atoms with van der Waals surface area (Å²) in [7, 11) is 0. The molecule has 0 saturated heterocycles. The molecular formula is C23H25FO. The molecular weight excluding hydrogens is 311 g/mol. The van der Waals surface area contributed by atoms with E-state index in [0.717, 1.165) is 5.56 Å². The summed E-state index contributed by atoms with van der Waals surface area (Å²) in [5.41, 5.74) is 7.78. The third-order valence-electron chi connectivity index (χ3n) is 5.15. The van der Waals surface area contributed by atoms with Crippen molar-refractivity contribution in [3.05, 3.63) is 75.1 Å². The second-order valence-corrected chi connectivity index (χ2v) is 7.11. The number of hydrogen-bond acceptors (Lipinski definition) is 1. The molecule has 0 radical (unpaired) electrons. The SMILES string of the molecule is Cc1cc(C)c2c(C)c(COc3cc(C)c(C)c(F)c3)c(C)cc2c1. The van der Waals surface area contributed by atoms with E-state index in [1.807, 2.05) is 13.0 Å². The van der Waals surface area contributed by atoms with E-state index >= 15 is 0 Å². The molecule has 0 spiro atoms. The maximum atomic E-state index is 13.9. The summed E-state index contributed by atoms with van der Waals surface area (Å²) in [6.07, 6.45) is 0. The fourth-order valence-corrected chi connectivity index (χ4v) is 3.64. The summed E-state index contributed by atoms with van der Waals surface area (Å²) in [6, 6.07) is 10.0. The normalized spacial score (nSPS) is 11.2. The van der Waals surface area contributed by atoms with Gasteiger partial charge in [-0.1, -0.05) is 23.8 Å². The van der Waals surface area contributed by atoms with Crippen LogP contribution in [0.15, 0.2) is 30.3 Å². The van der Waals surface area contributed by atoms with Gasteiger partial charge in [0.05, 0.1) is 0 Å². The third-order valence-corrected chi connectivity index (χ3v) is 5.15. The Morgan fingerprint density at radius 3 is 2.16 bits per heavy atom. The lowest BCUT2D eigenvalue weighted by atomic mass is 9.92. The van der Waals surface area contributed by atoms with Crippen LogP contribution in [0.1, 0.15) is 38.9 Å². The topological polar surface area (TPSA) is 9.23 Å². The number of hydrogen-bond donors (Lipinski definition) is 0. The minimum atomic E-state index is -0.215. The highest BCUT2D eigenvalue weighted by molar-refractivity contribution is 5.91. The predicted octanol–water partition coefficient (Wildman–Crippen LogP) is 6.41. The summed E-state index contributed by atoms with van der Waals surface area (Å²) in [6.45, 7) is 12.7. The average molecular weight is 336 g/mol. The molecule has 3 rings (SSSR count). The predicted molar refractivity (Wildman–Crippen MR) is 103 cm³/mol. The Morgan fingerprint density at radius 2 is 1.48 bits per heavy atom. The molecule has 0 N–H and O–H groups in total. The Labute approximate surface area is 149 Å². The summed E-state index contributed by atoms with van der Waals surface area (Å²) >= 11 is 0. The molecule has 0 bridgehead atoms. The zero-order chi connectivity index (χ0) is 18.3. The Morgan fingerprint density at radius 1 is 0.760 bits per heavy atom. The lowest BCUT2D eigenvalue weighted by Crippen LogP contribution is -2.03. The average Bonchev–Trinajstić information content (AvgIpc) is 2.51. The molecule has 0 saturated carbocycles. The second kappa shape index (κ2) is 6.51. The van der Waals surface area contributed by atoms with Crippen LogP contribution in [0, 0.1) is 47.4 Å². The number of aryl methyl sites for hydroxylation is 5. The number of fused-ring (bicyclic) bond motifs is 1. The van der Waals surface area contributed by atoms with Crippen LogP contribution in [0.5, 0.6) is 5.75 Å². The van der Waals surface area contributed by atoms with Gasteiger partial charge in [0.25, 0.3) is 0 Å². The van der Waals surface area contributed by atoms with Crippen molar-refractivity contribution in [2.24, 2.45) is 0 Å². The summed E-state index contributed by atoms with van der Waals surface area (Å²) < 4.78 is 19.9. The van der Waals surface area contributed by atoms with Gasteiger partial charge in [0.15, 0.2) is 0 Å². The van der Waals surface area contributed by atoms with Gasteiger partial charge >= 0.3 is 0 Å². The van der Waals surface area contributed by atoms with E-state index < -0.39 is 0 Å². The highest BCUT2D eigenvalue weighted by Crippen LogP contribution is 2.30. The maximum absolute atomic E-state index is 13.9. The van der Waals surface area contributed by atoms with Gasteiger partial charge in [-0.3, -0.25) is 0 Å².